The second-order valence-corrected chi connectivity index (χ2v) is 3.68. The lowest BCUT2D eigenvalue weighted by Gasteiger charge is -2.19. The van der Waals surface area contributed by atoms with Gasteiger partial charge in [0.25, 0.3) is 0 Å². The van der Waals surface area contributed by atoms with Crippen LogP contribution < -0.4 is 5.32 Å². The van der Waals surface area contributed by atoms with Crippen molar-refractivity contribution in [1.82, 2.24) is 10.2 Å². The van der Waals surface area contributed by atoms with Crippen LogP contribution >= 0.6 is 0 Å². The summed E-state index contributed by atoms with van der Waals surface area (Å²) in [6.45, 7) is 4.89. The maximum absolute atomic E-state index is 11.4. The number of rotatable bonds is 7. The molecule has 5 heteroatoms. The van der Waals surface area contributed by atoms with Gasteiger partial charge in [0, 0.05) is 27.2 Å². The molecule has 2 atom stereocenters. The van der Waals surface area contributed by atoms with Gasteiger partial charge in [-0.25, -0.2) is 0 Å². The van der Waals surface area contributed by atoms with E-state index in [0.29, 0.717) is 19.8 Å². The predicted molar refractivity (Wildman–Crippen MR) is 58.7 cm³/mol. The largest absolute Gasteiger partial charge is 0.389 e. The highest BCUT2D eigenvalue weighted by molar-refractivity contribution is 5.80. The SMILES string of the molecule is CCOCC(O)CNC(C)C(=O)N(C)C. The Hall–Kier alpha value is -0.650. The Morgan fingerprint density at radius 3 is 2.60 bits per heavy atom. The third kappa shape index (κ3) is 6.43. The summed E-state index contributed by atoms with van der Waals surface area (Å²) in [4.78, 5) is 12.9. The minimum atomic E-state index is -0.567. The number of amides is 1. The maximum Gasteiger partial charge on any atom is 0.238 e. The molecule has 15 heavy (non-hydrogen) atoms. The maximum atomic E-state index is 11.4. The summed E-state index contributed by atoms with van der Waals surface area (Å²) in [5.74, 6) is -0.00129. The zero-order valence-electron chi connectivity index (χ0n) is 9.99. The number of aliphatic hydroxyl groups excluding tert-OH is 1. The average Bonchev–Trinajstić information content (AvgIpc) is 2.21. The topological polar surface area (TPSA) is 61.8 Å². The monoisotopic (exact) mass is 218 g/mol. The molecule has 0 aromatic heterocycles. The number of hydrogen-bond donors (Lipinski definition) is 2. The van der Waals surface area contributed by atoms with Crippen molar-refractivity contribution in [2.24, 2.45) is 0 Å². The molecule has 0 rings (SSSR count). The molecule has 2 N–H and O–H groups in total. The fourth-order valence-electron chi connectivity index (χ4n) is 1.10. The standard InChI is InChI=1S/C10H22N2O3/c1-5-15-7-9(13)6-11-8(2)10(14)12(3)4/h8-9,11,13H,5-7H2,1-4H3. The Balaban J connectivity index is 3.70. The Morgan fingerprint density at radius 1 is 1.53 bits per heavy atom. The molecular weight excluding hydrogens is 196 g/mol. The van der Waals surface area contributed by atoms with Crippen LogP contribution in [-0.2, 0) is 9.53 Å². The molecule has 0 aromatic carbocycles. The smallest absolute Gasteiger partial charge is 0.238 e. The van der Waals surface area contributed by atoms with Gasteiger partial charge in [-0.3, -0.25) is 4.79 Å². The van der Waals surface area contributed by atoms with Gasteiger partial charge in [-0.2, -0.15) is 0 Å². The Kier molecular flexibility index (Phi) is 7.29. The van der Waals surface area contributed by atoms with Crippen LogP contribution in [0.5, 0.6) is 0 Å². The van der Waals surface area contributed by atoms with Crippen LogP contribution in [0.3, 0.4) is 0 Å². The van der Waals surface area contributed by atoms with E-state index in [0.717, 1.165) is 0 Å². The van der Waals surface area contributed by atoms with E-state index in [1.54, 1.807) is 21.0 Å². The van der Waals surface area contributed by atoms with Gasteiger partial charge in [0.2, 0.25) is 5.91 Å². The zero-order valence-corrected chi connectivity index (χ0v) is 9.99. The summed E-state index contributed by atoms with van der Waals surface area (Å²) >= 11 is 0. The van der Waals surface area contributed by atoms with Gasteiger partial charge < -0.3 is 20.1 Å². The number of carbonyl (C=O) groups excluding carboxylic acids is 1. The summed E-state index contributed by atoms with van der Waals surface area (Å²) in [6, 6.07) is -0.281. The van der Waals surface area contributed by atoms with Gasteiger partial charge in [-0.05, 0) is 13.8 Å². The van der Waals surface area contributed by atoms with Crippen LogP contribution in [0.4, 0.5) is 0 Å². The molecule has 0 aliphatic carbocycles. The van der Waals surface area contributed by atoms with Crippen LogP contribution in [-0.4, -0.2) is 61.9 Å². The second kappa shape index (κ2) is 7.62. The van der Waals surface area contributed by atoms with Crippen molar-refractivity contribution in [1.29, 1.82) is 0 Å². The first-order valence-electron chi connectivity index (χ1n) is 5.19. The molecular formula is C10H22N2O3. The summed E-state index contributed by atoms with van der Waals surface area (Å²) in [5, 5.41) is 12.4. The van der Waals surface area contributed by atoms with E-state index in [1.165, 1.54) is 4.90 Å². The van der Waals surface area contributed by atoms with E-state index in [-0.39, 0.29) is 11.9 Å². The van der Waals surface area contributed by atoms with Crippen LogP contribution in [0.15, 0.2) is 0 Å². The third-order valence-corrected chi connectivity index (χ3v) is 1.99. The molecule has 0 bridgehead atoms. The third-order valence-electron chi connectivity index (χ3n) is 1.99. The molecule has 0 heterocycles. The quantitative estimate of drug-likeness (QED) is 0.602. The lowest BCUT2D eigenvalue weighted by Crippen LogP contribution is -2.44. The van der Waals surface area contributed by atoms with Crippen LogP contribution in [0.1, 0.15) is 13.8 Å². The first-order chi connectivity index (χ1) is 6.99. The minimum absolute atomic E-state index is 0.00129. The van der Waals surface area contributed by atoms with E-state index in [9.17, 15) is 9.90 Å². The molecule has 1 amide bonds. The summed E-state index contributed by atoms with van der Waals surface area (Å²) in [6.07, 6.45) is -0.567. The fourth-order valence-corrected chi connectivity index (χ4v) is 1.10. The molecule has 0 radical (unpaired) electrons. The molecule has 0 saturated carbocycles. The molecule has 0 aliphatic rings. The van der Waals surface area contributed by atoms with Gasteiger partial charge in [0.15, 0.2) is 0 Å². The van der Waals surface area contributed by atoms with Crippen molar-refractivity contribution in [3.8, 4) is 0 Å². The number of aliphatic hydroxyl groups is 1. The number of hydrogen-bond acceptors (Lipinski definition) is 4. The number of nitrogens with zero attached hydrogens (tertiary/aromatic N) is 1. The average molecular weight is 218 g/mol. The predicted octanol–water partition coefficient (Wildman–Crippen LogP) is -0.550. The number of carbonyl (C=O) groups is 1. The Morgan fingerprint density at radius 2 is 2.13 bits per heavy atom. The number of ether oxygens (including phenoxy) is 1. The van der Waals surface area contributed by atoms with Crippen molar-refractivity contribution in [3.63, 3.8) is 0 Å². The molecule has 90 valence electrons. The van der Waals surface area contributed by atoms with Crippen LogP contribution in [0, 0.1) is 0 Å². The minimum Gasteiger partial charge on any atom is -0.389 e. The summed E-state index contributed by atoms with van der Waals surface area (Å²) in [5.41, 5.74) is 0. The molecule has 0 aromatic rings. The van der Waals surface area contributed by atoms with Crippen LogP contribution in [0.25, 0.3) is 0 Å². The first-order valence-corrected chi connectivity index (χ1v) is 5.19. The van der Waals surface area contributed by atoms with Gasteiger partial charge >= 0.3 is 0 Å². The van der Waals surface area contributed by atoms with E-state index in [2.05, 4.69) is 5.32 Å². The van der Waals surface area contributed by atoms with E-state index in [4.69, 9.17) is 4.74 Å². The fraction of sp³-hybridized carbons (Fsp3) is 0.900. The van der Waals surface area contributed by atoms with E-state index >= 15 is 0 Å². The van der Waals surface area contributed by atoms with Crippen molar-refractivity contribution >= 4 is 5.91 Å². The van der Waals surface area contributed by atoms with E-state index in [1.807, 2.05) is 6.92 Å². The number of nitrogens with one attached hydrogen (secondary N) is 1. The highest BCUT2D eigenvalue weighted by Crippen LogP contribution is 1.90. The first kappa shape index (κ1) is 14.3. The van der Waals surface area contributed by atoms with E-state index < -0.39 is 6.10 Å². The summed E-state index contributed by atoms with van der Waals surface area (Å²) < 4.78 is 5.05. The molecule has 0 fully saturated rings. The molecule has 0 saturated heterocycles. The zero-order chi connectivity index (χ0) is 11.8. The van der Waals surface area contributed by atoms with Crippen molar-refractivity contribution in [2.75, 3.05) is 33.9 Å². The van der Waals surface area contributed by atoms with Gasteiger partial charge in [0.1, 0.15) is 0 Å². The highest BCUT2D eigenvalue weighted by Gasteiger charge is 2.15. The lowest BCUT2D eigenvalue weighted by atomic mass is 10.2. The normalized spacial score (nSPS) is 14.7. The molecule has 0 aliphatic heterocycles. The van der Waals surface area contributed by atoms with Crippen molar-refractivity contribution in [2.45, 2.75) is 26.0 Å². The van der Waals surface area contributed by atoms with Gasteiger partial charge in [-0.1, -0.05) is 0 Å². The molecule has 2 unspecified atom stereocenters. The number of likely N-dealkylation sites (N-methyl/N-ethyl adjacent to an activating group) is 1. The summed E-state index contributed by atoms with van der Waals surface area (Å²) in [7, 11) is 3.41. The van der Waals surface area contributed by atoms with Gasteiger partial charge in [-0.15, -0.1) is 0 Å². The van der Waals surface area contributed by atoms with Crippen molar-refractivity contribution < 1.29 is 14.6 Å². The molecule has 0 spiro atoms. The second-order valence-electron chi connectivity index (χ2n) is 3.68. The Labute approximate surface area is 91.4 Å². The molecule has 5 nitrogen and oxygen atoms in total. The Bertz CT molecular complexity index is 186. The lowest BCUT2D eigenvalue weighted by molar-refractivity contribution is -0.130. The van der Waals surface area contributed by atoms with Crippen molar-refractivity contribution in [3.05, 3.63) is 0 Å². The van der Waals surface area contributed by atoms with Gasteiger partial charge in [0.05, 0.1) is 18.8 Å². The van der Waals surface area contributed by atoms with Crippen LogP contribution in [0.2, 0.25) is 0 Å². The highest BCUT2D eigenvalue weighted by atomic mass is 16.5.